The van der Waals surface area contributed by atoms with Gasteiger partial charge in [0, 0.05) is 46.6 Å². The number of hydrogen-bond donors (Lipinski definition) is 4. The number of nitrogens with zero attached hydrogens (tertiary/aromatic N) is 1. The van der Waals surface area contributed by atoms with Crippen LogP contribution in [0.2, 0.25) is 0 Å². The monoisotopic (exact) mass is 764 g/mol. The van der Waals surface area contributed by atoms with Crippen LogP contribution in [0.4, 0.5) is 13.6 Å². The number of sulfonamides is 1. The Hall–Kier alpha value is -4.96. The first kappa shape index (κ1) is 37.8. The highest BCUT2D eigenvalue weighted by Gasteiger charge is 2.48. The third-order valence-corrected chi connectivity index (χ3v) is 12.4. The molecule has 278 valence electrons. The van der Waals surface area contributed by atoms with E-state index in [0.29, 0.717) is 15.1 Å². The number of alkyl halides is 2. The van der Waals surface area contributed by atoms with Crippen molar-refractivity contribution in [3.63, 3.8) is 0 Å². The number of rotatable bonds is 14. The molecule has 5 aromatic rings. The quantitative estimate of drug-likeness (QED) is 0.116. The van der Waals surface area contributed by atoms with Gasteiger partial charge in [-0.1, -0.05) is 66.7 Å². The molecule has 1 aliphatic rings. The van der Waals surface area contributed by atoms with Crippen molar-refractivity contribution >= 4 is 44.1 Å². The van der Waals surface area contributed by atoms with Gasteiger partial charge in [0.1, 0.15) is 6.04 Å². The zero-order valence-corrected chi connectivity index (χ0v) is 30.2. The average molecular weight is 765 g/mol. The summed E-state index contributed by atoms with van der Waals surface area (Å²) >= 11 is 1.14. The molecule has 2 heterocycles. The fraction of sp³-hybridized carbons (Fsp3) is 0.289. The minimum Gasteiger partial charge on any atom is -0.453 e. The van der Waals surface area contributed by atoms with E-state index in [4.69, 9.17) is 4.74 Å². The number of thiophene rings is 1. The Labute approximate surface area is 308 Å². The number of H-pyrrole nitrogens is 1. The van der Waals surface area contributed by atoms with Gasteiger partial charge in [-0.2, -0.15) is 4.31 Å². The number of fused-ring (bicyclic) bond motifs is 1. The Morgan fingerprint density at radius 2 is 1.66 bits per heavy atom. The lowest BCUT2D eigenvalue weighted by molar-refractivity contribution is -0.123. The first-order valence-corrected chi connectivity index (χ1v) is 19.1. The SMILES string of the molecule is COC(=O)NC(C(=O)NCc1ccc(C(CO)N(CC2CC(F)(F)C2)S(=O)(=O)c2ccc3cc[nH]c(=O)c3c2)s1)C(c1ccccc1)c1ccccc1. The lowest BCUT2D eigenvalue weighted by atomic mass is 9.81. The van der Waals surface area contributed by atoms with E-state index in [1.807, 2.05) is 60.7 Å². The molecule has 1 aliphatic carbocycles. The van der Waals surface area contributed by atoms with Crippen LogP contribution < -0.4 is 16.2 Å². The Morgan fingerprint density at radius 3 is 2.26 bits per heavy atom. The van der Waals surface area contributed by atoms with Gasteiger partial charge in [0.05, 0.1) is 31.2 Å². The molecule has 6 rings (SSSR count). The topological polar surface area (TPSA) is 158 Å². The smallest absolute Gasteiger partial charge is 0.407 e. The molecular weight excluding hydrogens is 727 g/mol. The van der Waals surface area contributed by atoms with E-state index in [9.17, 15) is 36.7 Å². The molecule has 2 atom stereocenters. The number of hydrogen-bond acceptors (Lipinski definition) is 8. The van der Waals surface area contributed by atoms with Gasteiger partial charge in [0.2, 0.25) is 21.9 Å². The summed E-state index contributed by atoms with van der Waals surface area (Å²) in [4.78, 5) is 42.2. The predicted molar refractivity (Wildman–Crippen MR) is 196 cm³/mol. The zero-order chi connectivity index (χ0) is 37.8. The van der Waals surface area contributed by atoms with E-state index in [1.165, 1.54) is 31.5 Å². The van der Waals surface area contributed by atoms with Crippen LogP contribution in [0.3, 0.4) is 0 Å². The van der Waals surface area contributed by atoms with Crippen molar-refractivity contribution in [2.24, 2.45) is 5.92 Å². The number of aliphatic hydroxyl groups excluding tert-OH is 1. The molecule has 1 fully saturated rings. The Morgan fingerprint density at radius 1 is 1.00 bits per heavy atom. The molecule has 11 nitrogen and oxygen atoms in total. The summed E-state index contributed by atoms with van der Waals surface area (Å²) in [5, 5.41) is 16.9. The maximum Gasteiger partial charge on any atom is 0.407 e. The van der Waals surface area contributed by atoms with Crippen LogP contribution in [0.1, 0.15) is 45.7 Å². The standard InChI is InChI=1S/C38H38F2N4O7S2/c1-51-37(48)43-34(33(26-8-4-2-5-9-26)27-10-6-3-7-11-27)36(47)42-21-28-13-15-32(52-28)31(23-45)44(22-24-19-38(39,40)20-24)53(49,50)29-14-12-25-16-17-41-35(46)30(25)18-29/h2-18,24,31,33-34,45H,19-23H2,1H3,(H,41,46)(H,42,47)(H,43,48). The first-order chi connectivity index (χ1) is 25.4. The van der Waals surface area contributed by atoms with E-state index in [2.05, 4.69) is 15.6 Å². The molecule has 2 amide bonds. The molecule has 0 saturated heterocycles. The maximum absolute atomic E-state index is 14.2. The van der Waals surface area contributed by atoms with Crippen LogP contribution in [0.5, 0.6) is 0 Å². The summed E-state index contributed by atoms with van der Waals surface area (Å²) in [5.74, 6) is -4.65. The van der Waals surface area contributed by atoms with Gasteiger partial charge in [0.25, 0.3) is 5.56 Å². The van der Waals surface area contributed by atoms with Crippen LogP contribution >= 0.6 is 11.3 Å². The minimum absolute atomic E-state index is 0.00759. The summed E-state index contributed by atoms with van der Waals surface area (Å²) in [6.07, 6.45) is -0.345. The Bertz CT molecular complexity index is 2190. The van der Waals surface area contributed by atoms with Gasteiger partial charge in [-0.3, -0.25) is 9.59 Å². The van der Waals surface area contributed by atoms with Gasteiger partial charge < -0.3 is 25.5 Å². The van der Waals surface area contributed by atoms with Crippen LogP contribution in [0.15, 0.2) is 113 Å². The highest BCUT2D eigenvalue weighted by Crippen LogP contribution is 2.45. The number of pyridine rings is 1. The normalized spacial score (nSPS) is 15.5. The highest BCUT2D eigenvalue weighted by atomic mass is 32.2. The van der Waals surface area contributed by atoms with Crippen molar-refractivity contribution in [3.05, 3.63) is 134 Å². The van der Waals surface area contributed by atoms with Crippen LogP contribution in [-0.2, 0) is 26.1 Å². The minimum atomic E-state index is -4.42. The van der Waals surface area contributed by atoms with Crippen LogP contribution in [-0.4, -0.2) is 67.0 Å². The molecule has 2 aromatic heterocycles. The third-order valence-electron chi connectivity index (χ3n) is 9.33. The Kier molecular flexibility index (Phi) is 11.4. The molecule has 0 spiro atoms. The van der Waals surface area contributed by atoms with E-state index >= 15 is 0 Å². The number of carbonyl (C=O) groups is 2. The second kappa shape index (κ2) is 16.0. The molecule has 4 N–H and O–H groups in total. The summed E-state index contributed by atoms with van der Waals surface area (Å²) in [6.45, 7) is -0.951. The maximum atomic E-state index is 14.2. The predicted octanol–water partition coefficient (Wildman–Crippen LogP) is 5.53. The fourth-order valence-corrected chi connectivity index (χ4v) is 9.50. The number of aromatic nitrogens is 1. The van der Waals surface area contributed by atoms with Gasteiger partial charge in [-0.05, 0) is 52.8 Å². The number of amides is 2. The third kappa shape index (κ3) is 8.49. The van der Waals surface area contributed by atoms with Crippen molar-refractivity contribution in [2.45, 2.75) is 48.2 Å². The molecule has 3 aromatic carbocycles. The van der Waals surface area contributed by atoms with Crippen LogP contribution in [0, 0.1) is 5.92 Å². The van der Waals surface area contributed by atoms with Crippen molar-refractivity contribution in [3.8, 4) is 0 Å². The number of ether oxygens (including phenoxy) is 1. The van der Waals surface area contributed by atoms with E-state index in [0.717, 1.165) is 26.8 Å². The molecule has 2 unspecified atom stereocenters. The van der Waals surface area contributed by atoms with Gasteiger partial charge in [-0.25, -0.2) is 22.0 Å². The average Bonchev–Trinajstić information content (AvgIpc) is 3.62. The zero-order valence-electron chi connectivity index (χ0n) is 28.6. The number of halogens is 2. The van der Waals surface area contributed by atoms with Crippen molar-refractivity contribution in [1.82, 2.24) is 19.9 Å². The summed E-state index contributed by atoms with van der Waals surface area (Å²) in [7, 11) is -3.22. The summed E-state index contributed by atoms with van der Waals surface area (Å²) in [5.41, 5.74) is 1.07. The largest absolute Gasteiger partial charge is 0.453 e. The number of nitrogens with one attached hydrogen (secondary N) is 3. The molecule has 15 heteroatoms. The first-order valence-electron chi connectivity index (χ1n) is 16.8. The molecular formula is C38H38F2N4O7S2. The molecule has 0 radical (unpaired) electrons. The van der Waals surface area contributed by atoms with Crippen LogP contribution in [0.25, 0.3) is 10.8 Å². The second-order valence-corrected chi connectivity index (χ2v) is 16.0. The lowest BCUT2D eigenvalue weighted by Gasteiger charge is -2.39. The lowest BCUT2D eigenvalue weighted by Crippen LogP contribution is -2.50. The number of aliphatic hydroxyl groups is 1. The van der Waals surface area contributed by atoms with E-state index in [1.54, 1.807) is 18.2 Å². The van der Waals surface area contributed by atoms with Gasteiger partial charge >= 0.3 is 6.09 Å². The number of aromatic amines is 1. The number of benzene rings is 3. The molecule has 0 aliphatic heterocycles. The summed E-state index contributed by atoms with van der Waals surface area (Å²) in [6, 6.07) is 25.2. The van der Waals surface area contributed by atoms with Crippen molar-refractivity contribution < 1.29 is 36.6 Å². The van der Waals surface area contributed by atoms with Crippen molar-refractivity contribution in [2.75, 3.05) is 20.3 Å². The fourth-order valence-electron chi connectivity index (χ4n) is 6.68. The molecule has 0 bridgehead atoms. The number of alkyl carbamates (subject to hydrolysis) is 1. The molecule has 1 saturated carbocycles. The van der Waals surface area contributed by atoms with E-state index in [-0.39, 0.29) is 23.4 Å². The molecule has 53 heavy (non-hydrogen) atoms. The van der Waals surface area contributed by atoms with Gasteiger partial charge in [0.15, 0.2) is 0 Å². The van der Waals surface area contributed by atoms with Gasteiger partial charge in [-0.15, -0.1) is 11.3 Å². The number of methoxy groups -OCH3 is 1. The number of carbonyl (C=O) groups excluding carboxylic acids is 2. The summed E-state index contributed by atoms with van der Waals surface area (Å²) < 4.78 is 62.1. The van der Waals surface area contributed by atoms with Crippen molar-refractivity contribution in [1.29, 1.82) is 0 Å². The Balaban J connectivity index is 1.27. The second-order valence-electron chi connectivity index (χ2n) is 12.9. The van der Waals surface area contributed by atoms with E-state index < -0.39 is 76.9 Å². The highest BCUT2D eigenvalue weighted by molar-refractivity contribution is 7.89.